The SMILES string of the molecule is C#[C][Al]([C]#C)[C]#C. The van der Waals surface area contributed by atoms with Crippen LogP contribution in [-0.4, -0.2) is 14.1 Å². The third-order valence-corrected chi connectivity index (χ3v) is 1.50. The molecule has 0 nitrogen and oxygen atoms in total. The van der Waals surface area contributed by atoms with Crippen molar-refractivity contribution in [1.29, 1.82) is 0 Å². The van der Waals surface area contributed by atoms with E-state index in [0.29, 0.717) is 0 Å². The first-order valence-corrected chi connectivity index (χ1v) is 3.46. The van der Waals surface area contributed by atoms with E-state index in [-0.39, 0.29) is 0 Å². The average Bonchev–Trinajstić information content (AvgIpc) is 1.72. The van der Waals surface area contributed by atoms with Crippen LogP contribution in [0.4, 0.5) is 0 Å². The molecule has 0 N–H and O–H groups in total. The van der Waals surface area contributed by atoms with Crippen molar-refractivity contribution in [3.05, 3.63) is 0 Å². The molecule has 0 aliphatic heterocycles. The molecule has 0 bridgehead atoms. The van der Waals surface area contributed by atoms with Crippen LogP contribution in [0.2, 0.25) is 0 Å². The van der Waals surface area contributed by atoms with E-state index in [2.05, 4.69) is 14.3 Å². The van der Waals surface area contributed by atoms with Gasteiger partial charge in [0.1, 0.15) is 0 Å². The maximum absolute atomic E-state index is 4.92. The normalized spacial score (nSPS) is 4.71. The van der Waals surface area contributed by atoms with Crippen LogP contribution < -0.4 is 0 Å². The van der Waals surface area contributed by atoms with Crippen molar-refractivity contribution in [2.45, 2.75) is 0 Å². The molecule has 0 fully saturated rings. The van der Waals surface area contributed by atoms with Gasteiger partial charge in [-0.25, -0.2) is 0 Å². The van der Waals surface area contributed by atoms with Gasteiger partial charge < -0.3 is 0 Å². The fourth-order valence-electron chi connectivity index (χ4n) is 0.144. The van der Waals surface area contributed by atoms with E-state index in [9.17, 15) is 0 Å². The molecule has 30 valence electrons. The van der Waals surface area contributed by atoms with Crippen molar-refractivity contribution >= 4 is 14.1 Å². The van der Waals surface area contributed by atoms with Gasteiger partial charge in [0.05, 0.1) is 0 Å². The van der Waals surface area contributed by atoms with Crippen molar-refractivity contribution in [1.82, 2.24) is 0 Å². The summed E-state index contributed by atoms with van der Waals surface area (Å²) in [4.78, 5) is 7.10. The minimum atomic E-state index is -1.59. The molecular formula is C6H3Al. The molecule has 0 radical (unpaired) electrons. The molecule has 0 aliphatic rings. The summed E-state index contributed by atoms with van der Waals surface area (Å²) in [6.07, 6.45) is 14.8. The Bertz CT molecular complexity index is 127. The summed E-state index contributed by atoms with van der Waals surface area (Å²) in [6.45, 7) is 0. The summed E-state index contributed by atoms with van der Waals surface area (Å²) >= 11 is -1.59. The second-order valence-electron chi connectivity index (χ2n) is 0.933. The van der Waals surface area contributed by atoms with Gasteiger partial charge in [-0.2, -0.15) is 14.3 Å². The molecule has 0 saturated carbocycles. The fraction of sp³-hybridized carbons (Fsp3) is 0. The topological polar surface area (TPSA) is 0 Å². The molecule has 1 heteroatoms. The Morgan fingerprint density at radius 2 is 1.14 bits per heavy atom. The second-order valence-corrected chi connectivity index (χ2v) is 2.80. The highest BCUT2D eigenvalue weighted by molar-refractivity contribution is 6.82. The van der Waals surface area contributed by atoms with Gasteiger partial charge in [-0.05, 0) is 0 Å². The number of hydrogen-bond donors (Lipinski definition) is 0. The highest BCUT2D eigenvalue weighted by Gasteiger charge is 2.04. The van der Waals surface area contributed by atoms with E-state index in [1.165, 1.54) is 0 Å². The number of terminal acetylenes is 3. The maximum atomic E-state index is 4.92. The van der Waals surface area contributed by atoms with E-state index in [4.69, 9.17) is 19.3 Å². The standard InChI is InChI=1S/3C2H.Al/c3*1-2;/h3*1H;. The Labute approximate surface area is 48.3 Å². The first kappa shape index (κ1) is 6.21. The molecule has 0 aromatic rings. The van der Waals surface area contributed by atoms with Crippen LogP contribution >= 0.6 is 0 Å². The van der Waals surface area contributed by atoms with E-state index in [0.717, 1.165) is 0 Å². The number of rotatable bonds is 0. The van der Waals surface area contributed by atoms with Gasteiger partial charge in [0, 0.05) is 0 Å². The van der Waals surface area contributed by atoms with Crippen LogP contribution in [-0.2, 0) is 0 Å². The molecule has 7 heavy (non-hydrogen) atoms. The first-order chi connectivity index (χ1) is 3.35. The lowest BCUT2D eigenvalue weighted by molar-refractivity contribution is 2.65. The molecular weight excluding hydrogens is 99.0 g/mol. The summed E-state index contributed by atoms with van der Waals surface area (Å²) in [6, 6.07) is 0. The monoisotopic (exact) mass is 102 g/mol. The lowest BCUT2D eigenvalue weighted by atomic mass is 11.3. The molecule has 0 saturated heterocycles. The van der Waals surface area contributed by atoms with Gasteiger partial charge in [-0.1, -0.05) is 0 Å². The Hall–Kier alpha value is -0.788. The quantitative estimate of drug-likeness (QED) is 0.298. The molecule has 0 heterocycles. The largest absolute Gasteiger partial charge is 0.573 e. The molecule has 0 spiro atoms. The van der Waals surface area contributed by atoms with Crippen LogP contribution in [0.25, 0.3) is 0 Å². The molecule has 0 amide bonds. The van der Waals surface area contributed by atoms with E-state index in [1.807, 2.05) is 0 Å². The average molecular weight is 102 g/mol. The summed E-state index contributed by atoms with van der Waals surface area (Å²) in [5.74, 6) is 0. The summed E-state index contributed by atoms with van der Waals surface area (Å²) in [7, 11) is 0. The third-order valence-electron chi connectivity index (χ3n) is 0.500. The van der Waals surface area contributed by atoms with Gasteiger partial charge in [-0.3, -0.25) is 0 Å². The highest BCUT2D eigenvalue weighted by Crippen LogP contribution is 1.67. The van der Waals surface area contributed by atoms with Crippen LogP contribution in [0, 0.1) is 33.6 Å². The van der Waals surface area contributed by atoms with Gasteiger partial charge >= 0.3 is 14.1 Å². The zero-order valence-corrected chi connectivity index (χ0v) is 4.96. The zero-order chi connectivity index (χ0) is 5.70. The highest BCUT2D eigenvalue weighted by atomic mass is 27.2. The Balaban J connectivity index is 3.82. The lowest BCUT2D eigenvalue weighted by Gasteiger charge is -1.70. The van der Waals surface area contributed by atoms with Crippen LogP contribution in [0.1, 0.15) is 0 Å². The Morgan fingerprint density at radius 1 is 0.857 bits per heavy atom. The molecule has 0 aromatic heterocycles. The second kappa shape index (κ2) is 3.40. The molecule has 0 atom stereocenters. The molecule has 0 rings (SSSR count). The summed E-state index contributed by atoms with van der Waals surface area (Å²) < 4.78 is 0. The third kappa shape index (κ3) is 1.98. The first-order valence-electron chi connectivity index (χ1n) is 1.73. The van der Waals surface area contributed by atoms with Crippen LogP contribution in [0.3, 0.4) is 0 Å². The van der Waals surface area contributed by atoms with Gasteiger partial charge in [0.2, 0.25) is 0 Å². The predicted molar refractivity (Wildman–Crippen MR) is 32.3 cm³/mol. The lowest BCUT2D eigenvalue weighted by Crippen LogP contribution is -2.01. The zero-order valence-electron chi connectivity index (χ0n) is 3.81. The smallest absolute Gasteiger partial charge is 0.172 e. The minimum absolute atomic E-state index is 1.59. The van der Waals surface area contributed by atoms with Gasteiger partial charge in [0.15, 0.2) is 0 Å². The summed E-state index contributed by atoms with van der Waals surface area (Å²) in [5.41, 5.74) is 0. The molecule has 0 aliphatic carbocycles. The van der Waals surface area contributed by atoms with Gasteiger partial charge in [0.25, 0.3) is 0 Å². The van der Waals surface area contributed by atoms with Crippen molar-refractivity contribution < 1.29 is 0 Å². The Kier molecular flexibility index (Phi) is 3.02. The van der Waals surface area contributed by atoms with E-state index < -0.39 is 14.1 Å². The molecule has 0 aromatic carbocycles. The van der Waals surface area contributed by atoms with Crippen LogP contribution in [0.15, 0.2) is 0 Å². The summed E-state index contributed by atoms with van der Waals surface area (Å²) in [5, 5.41) is 0. The van der Waals surface area contributed by atoms with E-state index >= 15 is 0 Å². The van der Waals surface area contributed by atoms with Crippen molar-refractivity contribution in [3.8, 4) is 33.6 Å². The van der Waals surface area contributed by atoms with Crippen molar-refractivity contribution in [2.24, 2.45) is 0 Å². The van der Waals surface area contributed by atoms with Crippen molar-refractivity contribution in [2.75, 3.05) is 0 Å². The van der Waals surface area contributed by atoms with Gasteiger partial charge in [-0.15, -0.1) is 19.3 Å². The molecule has 0 unspecified atom stereocenters. The van der Waals surface area contributed by atoms with Crippen LogP contribution in [0.5, 0.6) is 0 Å². The predicted octanol–water partition coefficient (Wildman–Crippen LogP) is -0.00160. The number of hydrogen-bond acceptors (Lipinski definition) is 0. The minimum Gasteiger partial charge on any atom is -0.172 e. The fourth-order valence-corrected chi connectivity index (χ4v) is 0.433. The Morgan fingerprint density at radius 3 is 1.14 bits per heavy atom. The van der Waals surface area contributed by atoms with E-state index in [1.54, 1.807) is 0 Å². The maximum Gasteiger partial charge on any atom is 0.573 e. The van der Waals surface area contributed by atoms with Crippen molar-refractivity contribution in [3.63, 3.8) is 0 Å².